The van der Waals surface area contributed by atoms with Gasteiger partial charge in [0.2, 0.25) is 0 Å². The van der Waals surface area contributed by atoms with Crippen molar-refractivity contribution in [3.8, 4) is 0 Å². The third-order valence-electron chi connectivity index (χ3n) is 0.896. The van der Waals surface area contributed by atoms with Crippen molar-refractivity contribution in [3.05, 3.63) is 0 Å². The first kappa shape index (κ1) is 16.5. The predicted molar refractivity (Wildman–Crippen MR) is 50.5 cm³/mol. The Bertz CT molecular complexity index is 248. The highest BCUT2D eigenvalue weighted by Crippen LogP contribution is 2.31. The topological polar surface area (TPSA) is 144 Å². The zero-order valence-corrected chi connectivity index (χ0v) is 8.98. The van der Waals surface area contributed by atoms with Crippen LogP contribution in [0.3, 0.4) is 0 Å². The largest absolute Gasteiger partial charge is 0.481 e. The van der Waals surface area contributed by atoms with E-state index in [1.165, 1.54) is 0 Å². The molecule has 0 radical (unpaired) electrons. The molecule has 0 bridgehead atoms. The summed E-state index contributed by atoms with van der Waals surface area (Å²) in [4.78, 5) is 35.5. The van der Waals surface area contributed by atoms with E-state index in [1.54, 1.807) is 6.92 Å². The molecule has 0 amide bonds. The van der Waals surface area contributed by atoms with Crippen LogP contribution in [0, 0.1) is 0 Å². The molecule has 0 aliphatic rings. The molecule has 0 rings (SSSR count). The standard InChI is InChI=1S/C3H8NO5P.C3H6O2/c5-3(6)1-4-2-10(7,8)9;1-2-3(4)5/h4H,1-2H2,(H,5,6)(H2,7,8,9);2H2,1H3,(H,4,5). The number of carboxylic acid groups (broad SMARTS) is 2. The maximum Gasteiger partial charge on any atom is 0.339 e. The van der Waals surface area contributed by atoms with Crippen molar-refractivity contribution in [2.75, 3.05) is 12.8 Å². The van der Waals surface area contributed by atoms with Crippen molar-refractivity contribution in [3.63, 3.8) is 0 Å². The van der Waals surface area contributed by atoms with Gasteiger partial charge in [0.25, 0.3) is 0 Å². The Morgan fingerprint density at radius 1 is 1.20 bits per heavy atom. The van der Waals surface area contributed by atoms with Gasteiger partial charge in [-0.25, -0.2) is 0 Å². The van der Waals surface area contributed by atoms with Gasteiger partial charge in [-0.2, -0.15) is 0 Å². The van der Waals surface area contributed by atoms with Crippen LogP contribution in [0.1, 0.15) is 13.3 Å². The van der Waals surface area contributed by atoms with Gasteiger partial charge in [0.05, 0.1) is 12.8 Å². The Hall–Kier alpha value is -0.950. The Morgan fingerprint density at radius 2 is 1.60 bits per heavy atom. The second-order valence-electron chi connectivity index (χ2n) is 2.39. The number of carboxylic acids is 2. The molecule has 0 heterocycles. The third kappa shape index (κ3) is 24.6. The summed E-state index contributed by atoms with van der Waals surface area (Å²) in [6.45, 7) is 1.16. The summed E-state index contributed by atoms with van der Waals surface area (Å²) >= 11 is 0. The van der Waals surface area contributed by atoms with E-state index in [4.69, 9.17) is 20.0 Å². The molecule has 9 heteroatoms. The Balaban J connectivity index is 0. The van der Waals surface area contributed by atoms with E-state index in [2.05, 4.69) is 5.32 Å². The van der Waals surface area contributed by atoms with Crippen LogP contribution in [0.2, 0.25) is 0 Å². The molecule has 0 spiro atoms. The van der Waals surface area contributed by atoms with E-state index >= 15 is 0 Å². The maximum absolute atomic E-state index is 10.1. The number of hydrogen-bond donors (Lipinski definition) is 5. The molecule has 0 atom stereocenters. The predicted octanol–water partition coefficient (Wildman–Crippen LogP) is -0.723. The number of nitrogens with one attached hydrogen (secondary N) is 1. The molecular weight excluding hydrogens is 229 g/mol. The van der Waals surface area contributed by atoms with Crippen molar-refractivity contribution in [1.82, 2.24) is 5.32 Å². The average Bonchev–Trinajstić information content (AvgIpc) is 2.02. The molecule has 90 valence electrons. The quantitative estimate of drug-likeness (QED) is 0.398. The van der Waals surface area contributed by atoms with Gasteiger partial charge >= 0.3 is 19.5 Å². The normalized spacial score (nSPS) is 10.1. The van der Waals surface area contributed by atoms with Crippen molar-refractivity contribution < 1.29 is 34.2 Å². The molecule has 0 aliphatic heterocycles. The van der Waals surface area contributed by atoms with Crippen LogP contribution in [0.4, 0.5) is 0 Å². The molecule has 0 aliphatic carbocycles. The minimum Gasteiger partial charge on any atom is -0.481 e. The van der Waals surface area contributed by atoms with Crippen molar-refractivity contribution in [1.29, 1.82) is 0 Å². The summed E-state index contributed by atoms with van der Waals surface area (Å²) < 4.78 is 10.1. The summed E-state index contributed by atoms with van der Waals surface area (Å²) in [6, 6.07) is 0. The monoisotopic (exact) mass is 243 g/mol. The number of carbonyl (C=O) groups is 2. The fourth-order valence-electron chi connectivity index (χ4n) is 0.308. The molecular formula is C6H14NO7P. The van der Waals surface area contributed by atoms with Crippen LogP contribution in [-0.2, 0) is 14.2 Å². The second-order valence-corrected chi connectivity index (χ2v) is 4.04. The number of rotatable bonds is 5. The van der Waals surface area contributed by atoms with Gasteiger partial charge in [-0.3, -0.25) is 19.5 Å². The fourth-order valence-corrected chi connectivity index (χ4v) is 0.712. The summed E-state index contributed by atoms with van der Waals surface area (Å²) in [7, 11) is -4.10. The van der Waals surface area contributed by atoms with Gasteiger partial charge in [0, 0.05) is 6.42 Å². The lowest BCUT2D eigenvalue weighted by Crippen LogP contribution is -2.23. The lowest BCUT2D eigenvalue weighted by Gasteiger charge is -2.02. The first-order valence-corrected chi connectivity index (χ1v) is 5.67. The minimum atomic E-state index is -4.10. The molecule has 0 fully saturated rings. The van der Waals surface area contributed by atoms with Crippen LogP contribution < -0.4 is 5.32 Å². The molecule has 0 aromatic heterocycles. The van der Waals surface area contributed by atoms with Crippen molar-refractivity contribution in [2.24, 2.45) is 0 Å². The summed E-state index contributed by atoms with van der Waals surface area (Å²) in [5.41, 5.74) is 0. The van der Waals surface area contributed by atoms with Gasteiger partial charge < -0.3 is 20.0 Å². The van der Waals surface area contributed by atoms with Crippen LogP contribution in [0.5, 0.6) is 0 Å². The highest BCUT2D eigenvalue weighted by molar-refractivity contribution is 7.51. The van der Waals surface area contributed by atoms with E-state index < -0.39 is 32.4 Å². The average molecular weight is 243 g/mol. The molecule has 8 nitrogen and oxygen atoms in total. The Morgan fingerprint density at radius 3 is 1.80 bits per heavy atom. The van der Waals surface area contributed by atoms with Crippen molar-refractivity contribution in [2.45, 2.75) is 13.3 Å². The summed E-state index contributed by atoms with van der Waals surface area (Å²) in [5.74, 6) is -1.89. The van der Waals surface area contributed by atoms with Crippen molar-refractivity contribution >= 4 is 19.5 Å². The highest BCUT2D eigenvalue weighted by atomic mass is 31.2. The molecule has 5 N–H and O–H groups in total. The summed E-state index contributed by atoms with van der Waals surface area (Å²) in [6.07, 6.45) is -0.376. The zero-order chi connectivity index (χ0) is 12.5. The lowest BCUT2D eigenvalue weighted by molar-refractivity contribution is -0.137. The number of aliphatic carboxylic acids is 2. The van der Waals surface area contributed by atoms with E-state index in [1.807, 2.05) is 0 Å². The fraction of sp³-hybridized carbons (Fsp3) is 0.667. The minimum absolute atomic E-state index is 0.222. The molecule has 0 saturated carbocycles. The first-order valence-electron chi connectivity index (χ1n) is 3.88. The third-order valence-corrected chi connectivity index (χ3v) is 1.53. The molecule has 0 aromatic rings. The van der Waals surface area contributed by atoms with Crippen LogP contribution in [0.15, 0.2) is 0 Å². The van der Waals surface area contributed by atoms with Gasteiger partial charge in [-0.15, -0.1) is 0 Å². The van der Waals surface area contributed by atoms with Gasteiger partial charge in [-0.1, -0.05) is 6.92 Å². The van der Waals surface area contributed by atoms with Crippen LogP contribution >= 0.6 is 7.60 Å². The molecule has 0 aromatic carbocycles. The van der Waals surface area contributed by atoms with Crippen LogP contribution in [0.25, 0.3) is 0 Å². The smallest absolute Gasteiger partial charge is 0.339 e. The Kier molecular flexibility index (Phi) is 9.19. The summed E-state index contributed by atoms with van der Waals surface area (Å²) in [5, 5.41) is 17.8. The van der Waals surface area contributed by atoms with Crippen LogP contribution in [-0.4, -0.2) is 44.8 Å². The van der Waals surface area contributed by atoms with Gasteiger partial charge in [0.1, 0.15) is 0 Å². The Labute approximate surface area is 86.1 Å². The van der Waals surface area contributed by atoms with E-state index in [-0.39, 0.29) is 6.42 Å². The maximum atomic E-state index is 10.1. The first-order chi connectivity index (χ1) is 6.69. The van der Waals surface area contributed by atoms with Gasteiger partial charge in [-0.05, 0) is 0 Å². The molecule has 0 saturated heterocycles. The lowest BCUT2D eigenvalue weighted by atomic mass is 10.5. The SMILES string of the molecule is CCC(=O)O.O=C(O)CNCP(=O)(O)O. The van der Waals surface area contributed by atoms with E-state index in [0.29, 0.717) is 0 Å². The zero-order valence-electron chi connectivity index (χ0n) is 8.08. The van der Waals surface area contributed by atoms with E-state index in [9.17, 15) is 14.2 Å². The molecule has 15 heavy (non-hydrogen) atoms. The second kappa shape index (κ2) is 8.37. The highest BCUT2D eigenvalue weighted by Gasteiger charge is 2.11. The van der Waals surface area contributed by atoms with E-state index in [0.717, 1.165) is 0 Å². The molecule has 0 unspecified atom stereocenters. The van der Waals surface area contributed by atoms with Gasteiger partial charge in [0.15, 0.2) is 0 Å². The number of hydrogen-bond acceptors (Lipinski definition) is 4.